The molecule has 1 aromatic heterocycles. The predicted octanol–water partition coefficient (Wildman–Crippen LogP) is 1.06. The first-order chi connectivity index (χ1) is 9.97. The highest BCUT2D eigenvalue weighted by molar-refractivity contribution is 7.92. The number of sulfone groups is 1. The van der Waals surface area contributed by atoms with E-state index in [1.807, 2.05) is 6.07 Å². The number of H-pyrrole nitrogens is 1. The number of benzene rings is 1. The van der Waals surface area contributed by atoms with Crippen molar-refractivity contribution in [3.05, 3.63) is 30.0 Å². The minimum atomic E-state index is -3.04. The molecule has 1 aliphatic rings. The fourth-order valence-corrected chi connectivity index (χ4v) is 4.48. The first-order valence-electron chi connectivity index (χ1n) is 6.84. The predicted molar refractivity (Wildman–Crippen MR) is 81.9 cm³/mol. The van der Waals surface area contributed by atoms with Crippen LogP contribution in [-0.4, -0.2) is 36.9 Å². The number of anilines is 1. The third kappa shape index (κ3) is 2.61. The van der Waals surface area contributed by atoms with E-state index < -0.39 is 15.1 Å². The number of fused-ring (bicyclic) bond motifs is 1. The summed E-state index contributed by atoms with van der Waals surface area (Å²) in [5.74, 6) is -0.0640. The lowest BCUT2D eigenvalue weighted by Crippen LogP contribution is -2.34. The first-order valence-corrected chi connectivity index (χ1v) is 8.55. The molecule has 1 fully saturated rings. The van der Waals surface area contributed by atoms with E-state index in [0.29, 0.717) is 24.1 Å². The molecule has 0 spiro atoms. The number of hydrogen-bond donors (Lipinski definition) is 3. The van der Waals surface area contributed by atoms with Gasteiger partial charge < -0.3 is 16.0 Å². The summed E-state index contributed by atoms with van der Waals surface area (Å²) in [5.41, 5.74) is 7.62. The lowest BCUT2D eigenvalue weighted by Gasteiger charge is -2.10. The van der Waals surface area contributed by atoms with Gasteiger partial charge in [0.1, 0.15) is 0 Å². The second kappa shape index (κ2) is 5.07. The van der Waals surface area contributed by atoms with Crippen LogP contribution in [0.1, 0.15) is 23.2 Å². The highest BCUT2D eigenvalue weighted by Crippen LogP contribution is 2.22. The molecule has 0 radical (unpaired) electrons. The molecule has 4 N–H and O–H groups in total. The number of nitrogen functional groups attached to an aromatic ring is 1. The van der Waals surface area contributed by atoms with E-state index in [1.165, 1.54) is 0 Å². The Morgan fingerprint density at radius 2 is 2.24 bits per heavy atom. The molecular weight excluding hydrogens is 290 g/mol. The van der Waals surface area contributed by atoms with Gasteiger partial charge in [-0.25, -0.2) is 8.42 Å². The molecule has 1 amide bonds. The van der Waals surface area contributed by atoms with Crippen LogP contribution in [0.3, 0.4) is 0 Å². The maximum atomic E-state index is 12.2. The van der Waals surface area contributed by atoms with Crippen LogP contribution in [0.4, 0.5) is 5.69 Å². The first kappa shape index (κ1) is 13.9. The van der Waals surface area contributed by atoms with Crippen molar-refractivity contribution in [3.8, 4) is 0 Å². The van der Waals surface area contributed by atoms with Crippen molar-refractivity contribution in [2.45, 2.75) is 18.1 Å². The van der Waals surface area contributed by atoms with Crippen molar-refractivity contribution < 1.29 is 13.2 Å². The summed E-state index contributed by atoms with van der Waals surface area (Å²) in [6, 6.07) is 5.29. The summed E-state index contributed by atoms with van der Waals surface area (Å²) < 4.78 is 23.5. The van der Waals surface area contributed by atoms with Gasteiger partial charge in [0.15, 0.2) is 9.84 Å². The van der Waals surface area contributed by atoms with E-state index in [9.17, 15) is 13.2 Å². The molecule has 21 heavy (non-hydrogen) atoms. The van der Waals surface area contributed by atoms with Crippen molar-refractivity contribution in [1.82, 2.24) is 10.3 Å². The number of carbonyl (C=O) groups excluding carboxylic acids is 1. The van der Waals surface area contributed by atoms with Crippen molar-refractivity contribution >= 4 is 32.3 Å². The van der Waals surface area contributed by atoms with Gasteiger partial charge in [0.25, 0.3) is 5.91 Å². The number of aromatic nitrogens is 1. The second-order valence-corrected chi connectivity index (χ2v) is 7.75. The van der Waals surface area contributed by atoms with Gasteiger partial charge in [0.2, 0.25) is 0 Å². The molecule has 1 atom stereocenters. The van der Waals surface area contributed by atoms with Crippen LogP contribution >= 0.6 is 0 Å². The summed E-state index contributed by atoms with van der Waals surface area (Å²) in [6.45, 7) is 0.163. The summed E-state index contributed by atoms with van der Waals surface area (Å²) in [5, 5.41) is 2.99. The number of nitrogens with two attached hydrogens (primary N) is 1. The highest BCUT2D eigenvalue weighted by Gasteiger charge is 2.31. The molecule has 2 heterocycles. The van der Waals surface area contributed by atoms with Crippen molar-refractivity contribution in [3.63, 3.8) is 0 Å². The van der Waals surface area contributed by atoms with E-state index in [2.05, 4.69) is 10.3 Å². The molecule has 1 aromatic carbocycles. The molecular formula is C14H17N3O3S. The van der Waals surface area contributed by atoms with Gasteiger partial charge in [0.05, 0.1) is 16.6 Å². The van der Waals surface area contributed by atoms with Gasteiger partial charge in [-0.15, -0.1) is 0 Å². The van der Waals surface area contributed by atoms with Gasteiger partial charge in [-0.2, -0.15) is 0 Å². The Labute approximate surface area is 122 Å². The minimum Gasteiger partial charge on any atom is -0.399 e. The molecule has 6 nitrogen and oxygen atoms in total. The normalized spacial score (nSPS) is 20.7. The molecule has 0 saturated carbocycles. The Morgan fingerprint density at radius 1 is 1.43 bits per heavy atom. The zero-order chi connectivity index (χ0) is 15.0. The third-order valence-corrected chi connectivity index (χ3v) is 6.18. The maximum Gasteiger partial charge on any atom is 0.253 e. The molecule has 2 aromatic rings. The molecule has 1 saturated heterocycles. The number of rotatable bonds is 3. The van der Waals surface area contributed by atoms with Crippen LogP contribution in [0.2, 0.25) is 0 Å². The average molecular weight is 307 g/mol. The van der Waals surface area contributed by atoms with Crippen LogP contribution in [-0.2, 0) is 9.84 Å². The van der Waals surface area contributed by atoms with Gasteiger partial charge in [-0.05, 0) is 31.0 Å². The van der Waals surface area contributed by atoms with Crippen LogP contribution in [0, 0.1) is 0 Å². The number of hydrogen-bond acceptors (Lipinski definition) is 4. The molecule has 3 rings (SSSR count). The molecule has 1 unspecified atom stereocenters. The molecule has 112 valence electrons. The smallest absolute Gasteiger partial charge is 0.253 e. The molecule has 1 aliphatic heterocycles. The van der Waals surface area contributed by atoms with Crippen LogP contribution in [0.5, 0.6) is 0 Å². The van der Waals surface area contributed by atoms with Crippen LogP contribution in [0.25, 0.3) is 10.9 Å². The fraction of sp³-hybridized carbons (Fsp3) is 0.357. The standard InChI is InChI=1S/C14H17N3O3S/c15-9-3-4-13-11(6-9)12(8-16-13)14(18)17-7-10-2-1-5-21(10,19)20/h3-4,6,8,10,16H,1-2,5,7,15H2,(H,17,18). The molecule has 0 aliphatic carbocycles. The lowest BCUT2D eigenvalue weighted by molar-refractivity contribution is 0.0955. The largest absolute Gasteiger partial charge is 0.399 e. The van der Waals surface area contributed by atoms with E-state index >= 15 is 0 Å². The van der Waals surface area contributed by atoms with Crippen molar-refractivity contribution in [2.24, 2.45) is 0 Å². The summed E-state index contributed by atoms with van der Waals surface area (Å²) in [4.78, 5) is 15.2. The van der Waals surface area contributed by atoms with E-state index in [4.69, 9.17) is 5.73 Å². The van der Waals surface area contributed by atoms with Gasteiger partial charge >= 0.3 is 0 Å². The topological polar surface area (TPSA) is 105 Å². The minimum absolute atomic E-state index is 0.163. The monoisotopic (exact) mass is 307 g/mol. The Hall–Kier alpha value is -2.02. The number of nitrogens with one attached hydrogen (secondary N) is 2. The van der Waals surface area contributed by atoms with Crippen molar-refractivity contribution in [2.75, 3.05) is 18.0 Å². The quantitative estimate of drug-likeness (QED) is 0.737. The lowest BCUT2D eigenvalue weighted by atomic mass is 10.1. The van der Waals surface area contributed by atoms with Crippen molar-refractivity contribution in [1.29, 1.82) is 0 Å². The van der Waals surface area contributed by atoms with E-state index in [1.54, 1.807) is 18.3 Å². The van der Waals surface area contributed by atoms with E-state index in [0.717, 1.165) is 10.9 Å². The Kier molecular flexibility index (Phi) is 3.36. The molecule has 0 bridgehead atoms. The average Bonchev–Trinajstić information content (AvgIpc) is 2.98. The van der Waals surface area contributed by atoms with Gasteiger partial charge in [-0.1, -0.05) is 0 Å². The van der Waals surface area contributed by atoms with Crippen LogP contribution < -0.4 is 11.1 Å². The number of aromatic amines is 1. The zero-order valence-electron chi connectivity index (χ0n) is 11.4. The second-order valence-electron chi connectivity index (χ2n) is 5.35. The third-order valence-electron chi connectivity index (χ3n) is 3.90. The fourth-order valence-electron chi connectivity index (χ4n) is 2.72. The number of amides is 1. The summed E-state index contributed by atoms with van der Waals surface area (Å²) in [7, 11) is -3.04. The summed E-state index contributed by atoms with van der Waals surface area (Å²) in [6.07, 6.45) is 2.90. The van der Waals surface area contributed by atoms with Gasteiger partial charge in [0, 0.05) is 29.3 Å². The number of carbonyl (C=O) groups is 1. The Morgan fingerprint density at radius 3 is 2.95 bits per heavy atom. The zero-order valence-corrected chi connectivity index (χ0v) is 12.2. The van der Waals surface area contributed by atoms with Gasteiger partial charge in [-0.3, -0.25) is 4.79 Å². The van der Waals surface area contributed by atoms with Crippen LogP contribution in [0.15, 0.2) is 24.4 Å². The Bertz CT molecular complexity index is 795. The SMILES string of the molecule is Nc1ccc2[nH]cc(C(=O)NCC3CCCS3(=O)=O)c2c1. The Balaban J connectivity index is 1.77. The highest BCUT2D eigenvalue weighted by atomic mass is 32.2. The molecule has 7 heteroatoms. The van der Waals surface area contributed by atoms with E-state index in [-0.39, 0.29) is 18.2 Å². The maximum absolute atomic E-state index is 12.2. The summed E-state index contributed by atoms with van der Waals surface area (Å²) >= 11 is 0.